The van der Waals surface area contributed by atoms with E-state index in [4.69, 9.17) is 9.84 Å². The third kappa shape index (κ3) is 3.96. The lowest BCUT2D eigenvalue weighted by Crippen LogP contribution is -2.53. The van der Waals surface area contributed by atoms with Crippen molar-refractivity contribution in [1.82, 2.24) is 9.80 Å². The van der Waals surface area contributed by atoms with Crippen molar-refractivity contribution in [2.75, 3.05) is 32.8 Å². The van der Waals surface area contributed by atoms with Crippen LogP contribution in [-0.4, -0.2) is 71.7 Å². The number of carbonyl (C=O) groups is 2. The number of carbonyl (C=O) groups excluding carboxylic acids is 1. The number of morpholine rings is 1. The Hall–Kier alpha value is -1.14. The van der Waals surface area contributed by atoms with Gasteiger partial charge in [0.25, 0.3) is 0 Å². The monoisotopic (exact) mass is 258 g/mol. The molecule has 0 aromatic carbocycles. The molecule has 104 valence electrons. The Morgan fingerprint density at radius 1 is 1.28 bits per heavy atom. The molecule has 1 N–H and O–H groups in total. The molecule has 1 aliphatic heterocycles. The second kappa shape index (κ2) is 6.70. The van der Waals surface area contributed by atoms with Crippen LogP contribution in [0.15, 0.2) is 0 Å². The quantitative estimate of drug-likeness (QED) is 0.753. The van der Waals surface area contributed by atoms with Crippen molar-refractivity contribution < 1.29 is 19.4 Å². The fourth-order valence-corrected chi connectivity index (χ4v) is 2.11. The molecule has 1 amide bonds. The minimum Gasteiger partial charge on any atom is -0.480 e. The highest BCUT2D eigenvalue weighted by Gasteiger charge is 2.29. The average Bonchev–Trinajstić information content (AvgIpc) is 2.34. The molecule has 1 atom stereocenters. The summed E-state index contributed by atoms with van der Waals surface area (Å²) in [4.78, 5) is 26.5. The number of ether oxygens (including phenoxy) is 1. The Bertz CT molecular complexity index is 300. The number of nitrogens with zero attached hydrogens (tertiary/aromatic N) is 2. The van der Waals surface area contributed by atoms with Gasteiger partial charge in [-0.3, -0.25) is 14.5 Å². The van der Waals surface area contributed by atoms with Gasteiger partial charge in [-0.2, -0.15) is 0 Å². The Kier molecular flexibility index (Phi) is 5.55. The van der Waals surface area contributed by atoms with E-state index in [-0.39, 0.29) is 18.5 Å². The van der Waals surface area contributed by atoms with Crippen molar-refractivity contribution in [3.05, 3.63) is 0 Å². The zero-order valence-electron chi connectivity index (χ0n) is 11.3. The first kappa shape index (κ1) is 14.9. The highest BCUT2D eigenvalue weighted by molar-refractivity contribution is 5.82. The van der Waals surface area contributed by atoms with Crippen LogP contribution in [0.3, 0.4) is 0 Å². The number of hydrogen-bond acceptors (Lipinski definition) is 4. The molecule has 0 radical (unpaired) electrons. The predicted octanol–water partition coefficient (Wildman–Crippen LogP) is 0.0287. The zero-order valence-corrected chi connectivity index (χ0v) is 11.3. The summed E-state index contributed by atoms with van der Waals surface area (Å²) >= 11 is 0. The molecule has 6 nitrogen and oxygen atoms in total. The van der Waals surface area contributed by atoms with Crippen molar-refractivity contribution >= 4 is 11.9 Å². The van der Waals surface area contributed by atoms with E-state index in [1.165, 1.54) is 0 Å². The molecule has 1 aliphatic rings. The van der Waals surface area contributed by atoms with Gasteiger partial charge in [0.05, 0.1) is 25.8 Å². The van der Waals surface area contributed by atoms with E-state index >= 15 is 0 Å². The molecular weight excluding hydrogens is 236 g/mol. The Morgan fingerprint density at radius 2 is 1.83 bits per heavy atom. The number of aliphatic carboxylic acids is 1. The topological polar surface area (TPSA) is 70.1 Å². The van der Waals surface area contributed by atoms with E-state index in [1.54, 1.807) is 16.7 Å². The fraction of sp³-hybridized carbons (Fsp3) is 0.833. The molecule has 0 aliphatic carbocycles. The van der Waals surface area contributed by atoms with E-state index in [1.807, 2.05) is 13.8 Å². The van der Waals surface area contributed by atoms with Crippen LogP contribution in [0.25, 0.3) is 0 Å². The second-order valence-electron chi connectivity index (χ2n) is 4.77. The summed E-state index contributed by atoms with van der Waals surface area (Å²) in [7, 11) is 0. The summed E-state index contributed by atoms with van der Waals surface area (Å²) in [5.41, 5.74) is 0. The molecule has 0 spiro atoms. The molecule has 0 saturated carbocycles. The third-order valence-electron chi connectivity index (χ3n) is 3.16. The van der Waals surface area contributed by atoms with E-state index in [0.29, 0.717) is 26.3 Å². The SMILES string of the molecule is CC(C)N(CC(=O)O)C(C)C(=O)N1CCOCC1. The lowest BCUT2D eigenvalue weighted by molar-refractivity contribution is -0.145. The average molecular weight is 258 g/mol. The van der Waals surface area contributed by atoms with Gasteiger partial charge in [0, 0.05) is 19.1 Å². The lowest BCUT2D eigenvalue weighted by atomic mass is 10.2. The van der Waals surface area contributed by atoms with Crippen molar-refractivity contribution in [3.8, 4) is 0 Å². The summed E-state index contributed by atoms with van der Waals surface area (Å²) in [5, 5.41) is 8.89. The van der Waals surface area contributed by atoms with Crippen LogP contribution >= 0.6 is 0 Å². The van der Waals surface area contributed by atoms with E-state index in [9.17, 15) is 9.59 Å². The van der Waals surface area contributed by atoms with Gasteiger partial charge < -0.3 is 14.7 Å². The van der Waals surface area contributed by atoms with Crippen LogP contribution in [0.2, 0.25) is 0 Å². The number of carboxylic acids is 1. The first-order valence-corrected chi connectivity index (χ1v) is 6.27. The zero-order chi connectivity index (χ0) is 13.7. The maximum Gasteiger partial charge on any atom is 0.317 e. The van der Waals surface area contributed by atoms with Crippen molar-refractivity contribution in [3.63, 3.8) is 0 Å². The standard InChI is InChI=1S/C12H22N2O4/c1-9(2)14(8-11(15)16)10(3)12(17)13-4-6-18-7-5-13/h9-10H,4-8H2,1-3H3,(H,15,16). The Balaban J connectivity index is 2.65. The maximum atomic E-state index is 12.3. The molecule has 6 heteroatoms. The van der Waals surface area contributed by atoms with Gasteiger partial charge in [0.1, 0.15) is 0 Å². The summed E-state index contributed by atoms with van der Waals surface area (Å²) in [5.74, 6) is -0.932. The maximum absolute atomic E-state index is 12.3. The van der Waals surface area contributed by atoms with Crippen LogP contribution in [0.1, 0.15) is 20.8 Å². The molecule has 0 aromatic rings. The van der Waals surface area contributed by atoms with Gasteiger partial charge in [0.2, 0.25) is 5.91 Å². The van der Waals surface area contributed by atoms with Crippen LogP contribution in [0.4, 0.5) is 0 Å². The lowest BCUT2D eigenvalue weighted by Gasteiger charge is -2.35. The van der Waals surface area contributed by atoms with Gasteiger partial charge in [-0.1, -0.05) is 0 Å². The summed E-state index contributed by atoms with van der Waals surface area (Å²) in [6.45, 7) is 7.72. The molecule has 18 heavy (non-hydrogen) atoms. The molecule has 1 rings (SSSR count). The number of rotatable bonds is 5. The number of hydrogen-bond donors (Lipinski definition) is 1. The van der Waals surface area contributed by atoms with Crippen molar-refractivity contribution in [1.29, 1.82) is 0 Å². The largest absolute Gasteiger partial charge is 0.480 e. The molecule has 1 fully saturated rings. The van der Waals surface area contributed by atoms with Gasteiger partial charge >= 0.3 is 5.97 Å². The van der Waals surface area contributed by atoms with Crippen LogP contribution in [-0.2, 0) is 14.3 Å². The van der Waals surface area contributed by atoms with Crippen LogP contribution in [0.5, 0.6) is 0 Å². The van der Waals surface area contributed by atoms with Crippen LogP contribution < -0.4 is 0 Å². The van der Waals surface area contributed by atoms with Gasteiger partial charge in [0.15, 0.2) is 0 Å². The number of amides is 1. The van der Waals surface area contributed by atoms with E-state index < -0.39 is 12.0 Å². The minimum atomic E-state index is -0.912. The Labute approximate surface area is 107 Å². The van der Waals surface area contributed by atoms with Gasteiger partial charge in [-0.15, -0.1) is 0 Å². The van der Waals surface area contributed by atoms with Gasteiger partial charge in [-0.25, -0.2) is 0 Å². The minimum absolute atomic E-state index is 0.0149. The van der Waals surface area contributed by atoms with E-state index in [0.717, 1.165) is 0 Å². The molecule has 1 heterocycles. The van der Waals surface area contributed by atoms with Crippen molar-refractivity contribution in [2.45, 2.75) is 32.9 Å². The third-order valence-corrected chi connectivity index (χ3v) is 3.16. The summed E-state index contributed by atoms with van der Waals surface area (Å²) in [6, 6.07) is -0.403. The smallest absolute Gasteiger partial charge is 0.317 e. The van der Waals surface area contributed by atoms with Gasteiger partial charge in [-0.05, 0) is 20.8 Å². The van der Waals surface area contributed by atoms with E-state index in [2.05, 4.69) is 0 Å². The first-order chi connectivity index (χ1) is 8.43. The first-order valence-electron chi connectivity index (χ1n) is 6.27. The summed E-state index contributed by atoms with van der Waals surface area (Å²) < 4.78 is 5.20. The molecule has 0 bridgehead atoms. The molecule has 1 saturated heterocycles. The highest BCUT2D eigenvalue weighted by Crippen LogP contribution is 2.10. The molecule has 1 unspecified atom stereocenters. The molecular formula is C12H22N2O4. The summed E-state index contributed by atoms with van der Waals surface area (Å²) in [6.07, 6.45) is 0. The predicted molar refractivity (Wildman–Crippen MR) is 66.3 cm³/mol. The normalized spacial score (nSPS) is 18.2. The Morgan fingerprint density at radius 3 is 2.28 bits per heavy atom. The fourth-order valence-electron chi connectivity index (χ4n) is 2.11. The molecule has 0 aromatic heterocycles. The number of carboxylic acid groups (broad SMARTS) is 1. The highest BCUT2D eigenvalue weighted by atomic mass is 16.5. The second-order valence-corrected chi connectivity index (χ2v) is 4.77. The van der Waals surface area contributed by atoms with Crippen molar-refractivity contribution in [2.24, 2.45) is 0 Å². The van der Waals surface area contributed by atoms with Crippen LogP contribution in [0, 0.1) is 0 Å².